The number of hydrogen-bond acceptors (Lipinski definition) is 3. The summed E-state index contributed by atoms with van der Waals surface area (Å²) >= 11 is 0. The van der Waals surface area contributed by atoms with Crippen molar-refractivity contribution < 1.29 is 9.59 Å². The maximum absolute atomic E-state index is 12.3. The molecule has 0 aliphatic carbocycles. The summed E-state index contributed by atoms with van der Waals surface area (Å²) in [5.41, 5.74) is 0.844. The number of likely N-dealkylation sites (tertiary alicyclic amines) is 1. The monoisotopic (exact) mass is 256 g/mol. The lowest BCUT2D eigenvalue weighted by Crippen LogP contribution is -2.39. The van der Waals surface area contributed by atoms with E-state index in [0.717, 1.165) is 16.9 Å². The van der Waals surface area contributed by atoms with Gasteiger partial charge in [0, 0.05) is 6.42 Å². The molecule has 0 radical (unpaired) electrons. The zero-order valence-electron chi connectivity index (χ0n) is 10.9. The third-order valence-corrected chi connectivity index (χ3v) is 3.41. The highest BCUT2D eigenvalue weighted by Gasteiger charge is 2.42. The molecular formula is C15H16N2O2. The fourth-order valence-electron chi connectivity index (χ4n) is 2.45. The largest absolute Gasteiger partial charge is 0.274 e. The van der Waals surface area contributed by atoms with Gasteiger partial charge < -0.3 is 0 Å². The average molecular weight is 256 g/mol. The summed E-state index contributed by atoms with van der Waals surface area (Å²) in [6.07, 6.45) is 1.48. The first-order valence-electron chi connectivity index (χ1n) is 6.49. The van der Waals surface area contributed by atoms with E-state index >= 15 is 0 Å². The molecule has 2 unspecified atom stereocenters. The van der Waals surface area contributed by atoms with E-state index in [0.29, 0.717) is 6.42 Å². The van der Waals surface area contributed by atoms with E-state index in [9.17, 15) is 9.59 Å². The summed E-state index contributed by atoms with van der Waals surface area (Å²) < 4.78 is 0. The lowest BCUT2D eigenvalue weighted by atomic mass is 9.98. The molecule has 1 aliphatic rings. The van der Waals surface area contributed by atoms with Gasteiger partial charge in [-0.2, -0.15) is 5.26 Å². The molecule has 2 rings (SSSR count). The molecule has 0 bridgehead atoms. The van der Waals surface area contributed by atoms with Gasteiger partial charge in [0.05, 0.1) is 12.0 Å². The van der Waals surface area contributed by atoms with Gasteiger partial charge in [0.15, 0.2) is 0 Å². The standard InChI is InChI=1S/C15H16N2O2/c1-2-6-12(10-16)17-14(18)9-13(15(17)19)11-7-4-3-5-8-11/h3-5,7-8,12-13H,2,6,9H2,1H3. The van der Waals surface area contributed by atoms with Crippen molar-refractivity contribution >= 4 is 11.8 Å². The minimum absolute atomic E-state index is 0.171. The van der Waals surface area contributed by atoms with E-state index < -0.39 is 12.0 Å². The molecule has 0 spiro atoms. The second-order valence-corrected chi connectivity index (χ2v) is 4.70. The van der Waals surface area contributed by atoms with E-state index in [-0.39, 0.29) is 18.2 Å². The first-order valence-corrected chi connectivity index (χ1v) is 6.49. The Kier molecular flexibility index (Phi) is 3.96. The molecule has 19 heavy (non-hydrogen) atoms. The molecule has 1 aromatic rings. The lowest BCUT2D eigenvalue weighted by Gasteiger charge is -2.20. The van der Waals surface area contributed by atoms with Gasteiger partial charge in [0.2, 0.25) is 11.8 Å². The van der Waals surface area contributed by atoms with Crippen molar-refractivity contribution in [3.63, 3.8) is 0 Å². The van der Waals surface area contributed by atoms with Crippen LogP contribution in [0.15, 0.2) is 30.3 Å². The van der Waals surface area contributed by atoms with Crippen LogP contribution in [0.25, 0.3) is 0 Å². The summed E-state index contributed by atoms with van der Waals surface area (Å²) in [6, 6.07) is 10.7. The highest BCUT2D eigenvalue weighted by atomic mass is 16.2. The summed E-state index contributed by atoms with van der Waals surface area (Å²) in [5.74, 6) is -0.906. The normalized spacial score (nSPS) is 20.4. The van der Waals surface area contributed by atoms with Crippen LogP contribution in [-0.4, -0.2) is 22.8 Å². The van der Waals surface area contributed by atoms with Gasteiger partial charge in [0.1, 0.15) is 6.04 Å². The number of carbonyl (C=O) groups is 2. The van der Waals surface area contributed by atoms with Crippen molar-refractivity contribution in [3.8, 4) is 6.07 Å². The SMILES string of the molecule is CCCC(C#N)N1C(=O)CC(c2ccccc2)C1=O. The predicted molar refractivity (Wildman–Crippen MR) is 70.0 cm³/mol. The molecule has 1 heterocycles. The van der Waals surface area contributed by atoms with Crippen molar-refractivity contribution in [2.24, 2.45) is 0 Å². The Labute approximate surface area is 112 Å². The third kappa shape index (κ3) is 2.50. The molecule has 1 aromatic carbocycles. The predicted octanol–water partition coefficient (Wildman–Crippen LogP) is 2.22. The Hall–Kier alpha value is -2.15. The molecule has 0 N–H and O–H groups in total. The lowest BCUT2D eigenvalue weighted by molar-refractivity contribution is -0.140. The maximum atomic E-state index is 12.3. The molecule has 1 saturated heterocycles. The summed E-state index contributed by atoms with van der Waals surface area (Å²) in [7, 11) is 0. The number of rotatable bonds is 4. The van der Waals surface area contributed by atoms with E-state index in [1.807, 2.05) is 37.3 Å². The number of hydrogen-bond donors (Lipinski definition) is 0. The van der Waals surface area contributed by atoms with Crippen LogP contribution in [0.1, 0.15) is 37.7 Å². The van der Waals surface area contributed by atoms with Gasteiger partial charge in [-0.25, -0.2) is 0 Å². The smallest absolute Gasteiger partial charge is 0.238 e. The zero-order valence-corrected chi connectivity index (χ0v) is 10.9. The quantitative estimate of drug-likeness (QED) is 0.776. The molecular weight excluding hydrogens is 240 g/mol. The number of imide groups is 1. The molecule has 2 amide bonds. The van der Waals surface area contributed by atoms with Crippen LogP contribution in [0.3, 0.4) is 0 Å². The molecule has 0 aromatic heterocycles. The topological polar surface area (TPSA) is 61.2 Å². The average Bonchev–Trinajstić information content (AvgIpc) is 2.73. The van der Waals surface area contributed by atoms with Crippen LogP contribution in [0.5, 0.6) is 0 Å². The van der Waals surface area contributed by atoms with Crippen LogP contribution < -0.4 is 0 Å². The Morgan fingerprint density at radius 3 is 2.63 bits per heavy atom. The Morgan fingerprint density at radius 1 is 1.37 bits per heavy atom. The van der Waals surface area contributed by atoms with Crippen molar-refractivity contribution in [1.82, 2.24) is 4.90 Å². The third-order valence-electron chi connectivity index (χ3n) is 3.41. The van der Waals surface area contributed by atoms with E-state index in [4.69, 9.17) is 5.26 Å². The molecule has 2 atom stereocenters. The zero-order chi connectivity index (χ0) is 13.8. The first kappa shape index (κ1) is 13.3. The Balaban J connectivity index is 2.24. The van der Waals surface area contributed by atoms with Gasteiger partial charge in [-0.15, -0.1) is 0 Å². The van der Waals surface area contributed by atoms with E-state index in [1.54, 1.807) is 0 Å². The highest BCUT2D eigenvalue weighted by molar-refractivity contribution is 6.06. The number of benzene rings is 1. The summed E-state index contributed by atoms with van der Waals surface area (Å²) in [5, 5.41) is 9.11. The van der Waals surface area contributed by atoms with Crippen molar-refractivity contribution in [2.45, 2.75) is 38.1 Å². The van der Waals surface area contributed by atoms with Crippen LogP contribution in [0.2, 0.25) is 0 Å². The number of nitriles is 1. The van der Waals surface area contributed by atoms with Crippen molar-refractivity contribution in [3.05, 3.63) is 35.9 Å². The van der Waals surface area contributed by atoms with E-state index in [1.165, 1.54) is 0 Å². The van der Waals surface area contributed by atoms with Crippen LogP contribution in [-0.2, 0) is 9.59 Å². The summed E-state index contributed by atoms with van der Waals surface area (Å²) in [4.78, 5) is 25.5. The van der Waals surface area contributed by atoms with Gasteiger partial charge in [-0.05, 0) is 12.0 Å². The molecule has 4 nitrogen and oxygen atoms in total. The fourth-order valence-corrected chi connectivity index (χ4v) is 2.45. The minimum atomic E-state index is -0.626. The van der Waals surface area contributed by atoms with Crippen LogP contribution >= 0.6 is 0 Å². The van der Waals surface area contributed by atoms with Gasteiger partial charge in [-0.1, -0.05) is 43.7 Å². The van der Waals surface area contributed by atoms with Crippen molar-refractivity contribution in [1.29, 1.82) is 5.26 Å². The van der Waals surface area contributed by atoms with Crippen molar-refractivity contribution in [2.75, 3.05) is 0 Å². The van der Waals surface area contributed by atoms with Gasteiger partial charge in [-0.3, -0.25) is 14.5 Å². The minimum Gasteiger partial charge on any atom is -0.274 e. The highest BCUT2D eigenvalue weighted by Crippen LogP contribution is 2.31. The molecule has 4 heteroatoms. The van der Waals surface area contributed by atoms with Crippen LogP contribution in [0, 0.1) is 11.3 Å². The van der Waals surface area contributed by atoms with Gasteiger partial charge in [0.25, 0.3) is 0 Å². The van der Waals surface area contributed by atoms with E-state index in [2.05, 4.69) is 6.07 Å². The molecule has 98 valence electrons. The molecule has 1 aliphatic heterocycles. The Bertz CT molecular complexity index is 519. The first-order chi connectivity index (χ1) is 9.19. The fraction of sp³-hybridized carbons (Fsp3) is 0.400. The molecule has 1 fully saturated rings. The van der Waals surface area contributed by atoms with Gasteiger partial charge >= 0.3 is 0 Å². The Morgan fingerprint density at radius 2 is 2.05 bits per heavy atom. The number of carbonyl (C=O) groups excluding carboxylic acids is 2. The van der Waals surface area contributed by atoms with Crippen LogP contribution in [0.4, 0.5) is 0 Å². The number of amides is 2. The summed E-state index contributed by atoms with van der Waals surface area (Å²) in [6.45, 7) is 1.93. The second-order valence-electron chi connectivity index (χ2n) is 4.70. The maximum Gasteiger partial charge on any atom is 0.238 e. The second kappa shape index (κ2) is 5.66. The number of nitrogens with zero attached hydrogens (tertiary/aromatic N) is 2. The molecule has 0 saturated carbocycles.